The monoisotopic (exact) mass is 405 g/mol. The SMILES string of the molecule is COC(=O)C1=CC(C)=C(c2c(F)c(F)c(F)c(F)c2F)N(C(=O)OC(C)C)C1. The van der Waals surface area contributed by atoms with Crippen molar-refractivity contribution in [3.63, 3.8) is 0 Å². The van der Waals surface area contributed by atoms with Gasteiger partial charge in [0.1, 0.15) is 0 Å². The lowest BCUT2D eigenvalue weighted by atomic mass is 9.98. The first kappa shape index (κ1) is 21.4. The van der Waals surface area contributed by atoms with Crippen LogP contribution < -0.4 is 0 Å². The normalized spacial score (nSPS) is 14.4. The van der Waals surface area contributed by atoms with Gasteiger partial charge in [-0.1, -0.05) is 0 Å². The van der Waals surface area contributed by atoms with Crippen LogP contribution in [0.15, 0.2) is 17.2 Å². The van der Waals surface area contributed by atoms with E-state index in [0.717, 1.165) is 13.2 Å². The lowest BCUT2D eigenvalue weighted by Crippen LogP contribution is -2.38. The zero-order chi connectivity index (χ0) is 21.3. The van der Waals surface area contributed by atoms with E-state index in [1.807, 2.05) is 0 Å². The Labute approximate surface area is 157 Å². The molecule has 1 aromatic carbocycles. The van der Waals surface area contributed by atoms with Gasteiger partial charge in [-0.2, -0.15) is 0 Å². The molecule has 0 atom stereocenters. The Morgan fingerprint density at radius 2 is 1.50 bits per heavy atom. The molecule has 1 amide bonds. The predicted molar refractivity (Wildman–Crippen MR) is 87.2 cm³/mol. The first-order chi connectivity index (χ1) is 13.0. The van der Waals surface area contributed by atoms with Crippen molar-refractivity contribution in [2.75, 3.05) is 13.7 Å². The van der Waals surface area contributed by atoms with Crippen LogP contribution in [0.3, 0.4) is 0 Å². The van der Waals surface area contributed by atoms with Crippen molar-refractivity contribution in [3.05, 3.63) is 51.9 Å². The smallest absolute Gasteiger partial charge is 0.414 e. The molecule has 0 radical (unpaired) electrons. The fourth-order valence-electron chi connectivity index (χ4n) is 2.66. The van der Waals surface area contributed by atoms with Gasteiger partial charge in [-0.25, -0.2) is 31.5 Å². The van der Waals surface area contributed by atoms with Gasteiger partial charge in [0.2, 0.25) is 5.82 Å². The first-order valence-electron chi connectivity index (χ1n) is 8.00. The molecule has 0 aliphatic carbocycles. The van der Waals surface area contributed by atoms with E-state index in [2.05, 4.69) is 4.74 Å². The third kappa shape index (κ3) is 3.71. The molecule has 28 heavy (non-hydrogen) atoms. The molecular weight excluding hydrogens is 389 g/mol. The van der Waals surface area contributed by atoms with Crippen molar-refractivity contribution in [1.82, 2.24) is 4.90 Å². The average Bonchev–Trinajstić information content (AvgIpc) is 2.64. The molecule has 1 aliphatic heterocycles. The molecule has 0 bridgehead atoms. The number of amides is 1. The molecule has 2 rings (SSSR count). The average molecular weight is 405 g/mol. The minimum Gasteiger partial charge on any atom is -0.466 e. The number of carbonyl (C=O) groups excluding carboxylic acids is 2. The van der Waals surface area contributed by atoms with Gasteiger partial charge in [0.25, 0.3) is 0 Å². The highest BCUT2D eigenvalue weighted by molar-refractivity contribution is 5.95. The second kappa shape index (κ2) is 7.99. The van der Waals surface area contributed by atoms with E-state index in [0.29, 0.717) is 4.90 Å². The quantitative estimate of drug-likeness (QED) is 0.329. The maximum atomic E-state index is 14.3. The van der Waals surface area contributed by atoms with Crippen LogP contribution in [0.2, 0.25) is 0 Å². The molecule has 0 spiro atoms. The third-order valence-corrected chi connectivity index (χ3v) is 3.81. The number of nitrogens with zero attached hydrogens (tertiary/aromatic N) is 1. The molecule has 1 aromatic rings. The van der Waals surface area contributed by atoms with E-state index in [9.17, 15) is 31.5 Å². The fourth-order valence-corrected chi connectivity index (χ4v) is 2.66. The molecule has 0 aromatic heterocycles. The topological polar surface area (TPSA) is 55.8 Å². The molecule has 0 fully saturated rings. The van der Waals surface area contributed by atoms with Crippen molar-refractivity contribution in [2.24, 2.45) is 0 Å². The highest BCUT2D eigenvalue weighted by Crippen LogP contribution is 2.36. The maximum absolute atomic E-state index is 14.3. The number of hydrogen-bond acceptors (Lipinski definition) is 4. The van der Waals surface area contributed by atoms with Gasteiger partial charge in [0.05, 0.1) is 36.6 Å². The zero-order valence-corrected chi connectivity index (χ0v) is 15.3. The van der Waals surface area contributed by atoms with E-state index in [4.69, 9.17) is 4.74 Å². The fraction of sp³-hybridized carbons (Fsp3) is 0.333. The molecule has 0 N–H and O–H groups in total. The Kier molecular flexibility index (Phi) is 6.10. The Morgan fingerprint density at radius 3 is 1.96 bits per heavy atom. The largest absolute Gasteiger partial charge is 0.466 e. The molecule has 0 saturated heterocycles. The summed E-state index contributed by atoms with van der Waals surface area (Å²) < 4.78 is 78.9. The van der Waals surface area contributed by atoms with E-state index in [-0.39, 0.29) is 11.1 Å². The molecule has 1 aliphatic rings. The Balaban J connectivity index is 2.78. The number of rotatable bonds is 3. The van der Waals surface area contributed by atoms with Gasteiger partial charge in [-0.05, 0) is 32.4 Å². The molecule has 0 unspecified atom stereocenters. The van der Waals surface area contributed by atoms with Crippen molar-refractivity contribution >= 4 is 17.8 Å². The van der Waals surface area contributed by atoms with Crippen molar-refractivity contribution in [2.45, 2.75) is 26.9 Å². The van der Waals surface area contributed by atoms with Crippen LogP contribution in [0, 0.1) is 29.1 Å². The van der Waals surface area contributed by atoms with Gasteiger partial charge in [-0.15, -0.1) is 0 Å². The van der Waals surface area contributed by atoms with Gasteiger partial charge < -0.3 is 9.47 Å². The maximum Gasteiger partial charge on any atom is 0.414 e. The predicted octanol–water partition coefficient (Wildman–Crippen LogP) is 4.07. The molecule has 10 heteroatoms. The summed E-state index contributed by atoms with van der Waals surface area (Å²) >= 11 is 0. The van der Waals surface area contributed by atoms with E-state index in [1.54, 1.807) is 0 Å². The lowest BCUT2D eigenvalue weighted by Gasteiger charge is -2.31. The minimum atomic E-state index is -2.32. The highest BCUT2D eigenvalue weighted by atomic mass is 19.2. The summed E-state index contributed by atoms with van der Waals surface area (Å²) in [4.78, 5) is 24.9. The van der Waals surface area contributed by atoms with E-state index in [1.165, 1.54) is 20.8 Å². The molecule has 5 nitrogen and oxygen atoms in total. The van der Waals surface area contributed by atoms with Crippen LogP contribution in [-0.2, 0) is 14.3 Å². The number of halogens is 5. The molecule has 1 heterocycles. The number of methoxy groups -OCH3 is 1. The van der Waals surface area contributed by atoms with Crippen LogP contribution in [0.1, 0.15) is 26.3 Å². The van der Waals surface area contributed by atoms with E-state index < -0.39 is 65.1 Å². The van der Waals surface area contributed by atoms with Crippen molar-refractivity contribution < 1.29 is 41.0 Å². The standard InChI is InChI=1S/C18H16F5NO4/c1-7(2)28-18(26)24-6-9(17(25)27-4)5-8(3)16(24)10-11(19)13(21)15(23)14(22)12(10)20/h5,7H,6H2,1-4H3. The Bertz CT molecular complexity index is 879. The minimum absolute atomic E-state index is 0.0756. The summed E-state index contributed by atoms with van der Waals surface area (Å²) in [7, 11) is 1.08. The van der Waals surface area contributed by atoms with Gasteiger partial charge in [0, 0.05) is 0 Å². The van der Waals surface area contributed by atoms with Crippen LogP contribution >= 0.6 is 0 Å². The Hall–Kier alpha value is -2.91. The third-order valence-electron chi connectivity index (χ3n) is 3.81. The van der Waals surface area contributed by atoms with Crippen LogP contribution in [0.25, 0.3) is 5.70 Å². The van der Waals surface area contributed by atoms with Gasteiger partial charge >= 0.3 is 12.1 Å². The van der Waals surface area contributed by atoms with E-state index >= 15 is 0 Å². The second-order valence-electron chi connectivity index (χ2n) is 6.16. The second-order valence-corrected chi connectivity index (χ2v) is 6.16. The number of esters is 1. The number of carbonyl (C=O) groups is 2. The lowest BCUT2D eigenvalue weighted by molar-refractivity contribution is -0.136. The summed E-state index contributed by atoms with van der Waals surface area (Å²) in [6.07, 6.45) is -0.654. The van der Waals surface area contributed by atoms with Crippen LogP contribution in [0.4, 0.5) is 26.7 Å². The summed E-state index contributed by atoms with van der Waals surface area (Å²) in [5.74, 6) is -11.7. The van der Waals surface area contributed by atoms with Gasteiger partial charge in [0.15, 0.2) is 23.3 Å². The van der Waals surface area contributed by atoms with Crippen LogP contribution in [-0.4, -0.2) is 36.7 Å². The van der Waals surface area contributed by atoms with Crippen LogP contribution in [0.5, 0.6) is 0 Å². The Morgan fingerprint density at radius 1 is 1.00 bits per heavy atom. The summed E-state index contributed by atoms with van der Waals surface area (Å²) in [6.45, 7) is 3.68. The molecule has 0 saturated carbocycles. The molecule has 152 valence electrons. The zero-order valence-electron chi connectivity index (χ0n) is 15.3. The number of allylic oxidation sites excluding steroid dienone is 2. The summed E-state index contributed by atoms with van der Waals surface area (Å²) in [5.41, 5.74) is -2.08. The summed E-state index contributed by atoms with van der Waals surface area (Å²) in [6, 6.07) is 0. The van der Waals surface area contributed by atoms with Gasteiger partial charge in [-0.3, -0.25) is 4.90 Å². The van der Waals surface area contributed by atoms with Crippen molar-refractivity contribution in [1.29, 1.82) is 0 Å². The highest BCUT2D eigenvalue weighted by Gasteiger charge is 2.36. The number of ether oxygens (including phenoxy) is 2. The van der Waals surface area contributed by atoms with Crippen molar-refractivity contribution in [3.8, 4) is 0 Å². The number of benzene rings is 1. The first-order valence-corrected chi connectivity index (χ1v) is 8.00. The molecular formula is C18H16F5NO4. The number of hydrogen-bond donors (Lipinski definition) is 0. The summed E-state index contributed by atoms with van der Waals surface area (Å²) in [5, 5.41) is 0.